The number of hydrogen-bond acceptors (Lipinski definition) is 7. The Bertz CT molecular complexity index is 964. The van der Waals surface area contributed by atoms with Crippen molar-refractivity contribution >= 4 is 17.5 Å². The second-order valence-electron chi connectivity index (χ2n) is 7.20. The van der Waals surface area contributed by atoms with Crippen molar-refractivity contribution in [3.05, 3.63) is 54.6 Å². The molecular formula is C23H28N4O3. The molecule has 0 saturated carbocycles. The minimum atomic E-state index is -0.153. The summed E-state index contributed by atoms with van der Waals surface area (Å²) in [6, 6.07) is 17.2. The van der Waals surface area contributed by atoms with Crippen LogP contribution < -0.4 is 20.1 Å². The van der Waals surface area contributed by atoms with E-state index in [1.165, 1.54) is 0 Å². The van der Waals surface area contributed by atoms with E-state index in [1.807, 2.05) is 62.4 Å². The Balaban J connectivity index is 2.00. The summed E-state index contributed by atoms with van der Waals surface area (Å²) < 4.78 is 10.8. The highest BCUT2D eigenvalue weighted by molar-refractivity contribution is 5.70. The summed E-state index contributed by atoms with van der Waals surface area (Å²) in [7, 11) is 3.22. The van der Waals surface area contributed by atoms with E-state index >= 15 is 0 Å². The fraction of sp³-hybridized carbons (Fsp3) is 0.304. The molecule has 3 N–H and O–H groups in total. The largest absolute Gasteiger partial charge is 0.497 e. The molecular weight excluding hydrogens is 380 g/mol. The van der Waals surface area contributed by atoms with Crippen molar-refractivity contribution in [2.75, 3.05) is 31.5 Å². The smallest absolute Gasteiger partial charge is 0.225 e. The lowest BCUT2D eigenvalue weighted by molar-refractivity contribution is 0.248. The minimum absolute atomic E-state index is 0.00828. The van der Waals surface area contributed by atoms with Crippen molar-refractivity contribution in [2.24, 2.45) is 5.92 Å². The lowest BCUT2D eigenvalue weighted by Gasteiger charge is -2.21. The summed E-state index contributed by atoms with van der Waals surface area (Å²) >= 11 is 0. The number of aromatic nitrogens is 2. The van der Waals surface area contributed by atoms with Crippen molar-refractivity contribution in [3.8, 4) is 22.8 Å². The van der Waals surface area contributed by atoms with E-state index in [2.05, 4.69) is 20.6 Å². The van der Waals surface area contributed by atoms with Gasteiger partial charge in [0.2, 0.25) is 5.95 Å². The molecule has 0 unspecified atom stereocenters. The van der Waals surface area contributed by atoms with Crippen LogP contribution in [0.3, 0.4) is 0 Å². The van der Waals surface area contributed by atoms with E-state index in [0.29, 0.717) is 23.3 Å². The van der Waals surface area contributed by atoms with Gasteiger partial charge in [0, 0.05) is 17.7 Å². The number of rotatable bonds is 9. The predicted octanol–water partition coefficient (Wildman–Crippen LogP) is 4.33. The van der Waals surface area contributed by atoms with Crippen molar-refractivity contribution in [1.82, 2.24) is 9.97 Å². The summed E-state index contributed by atoms with van der Waals surface area (Å²) in [4.78, 5) is 9.27. The molecule has 1 heterocycles. The molecule has 30 heavy (non-hydrogen) atoms. The highest BCUT2D eigenvalue weighted by Gasteiger charge is 2.16. The van der Waals surface area contributed by atoms with Crippen LogP contribution in [0.2, 0.25) is 0 Å². The molecule has 0 spiro atoms. The van der Waals surface area contributed by atoms with Gasteiger partial charge in [-0.15, -0.1) is 0 Å². The van der Waals surface area contributed by atoms with Crippen LogP contribution in [0.5, 0.6) is 11.5 Å². The lowest BCUT2D eigenvalue weighted by atomic mass is 10.1. The number of nitrogens with one attached hydrogen (secondary N) is 2. The van der Waals surface area contributed by atoms with Crippen molar-refractivity contribution in [2.45, 2.75) is 19.9 Å². The predicted molar refractivity (Wildman–Crippen MR) is 120 cm³/mol. The zero-order valence-electron chi connectivity index (χ0n) is 17.7. The number of anilines is 3. The van der Waals surface area contributed by atoms with Gasteiger partial charge in [0.15, 0.2) is 0 Å². The van der Waals surface area contributed by atoms with E-state index in [4.69, 9.17) is 9.47 Å². The maximum Gasteiger partial charge on any atom is 0.225 e. The Labute approximate surface area is 177 Å². The van der Waals surface area contributed by atoms with E-state index < -0.39 is 0 Å². The van der Waals surface area contributed by atoms with E-state index in [-0.39, 0.29) is 18.6 Å². The van der Waals surface area contributed by atoms with Crippen molar-refractivity contribution < 1.29 is 14.6 Å². The number of ether oxygens (including phenoxy) is 2. The van der Waals surface area contributed by atoms with E-state index in [1.54, 1.807) is 20.3 Å². The van der Waals surface area contributed by atoms with Gasteiger partial charge in [-0.2, -0.15) is 4.98 Å². The van der Waals surface area contributed by atoms with Gasteiger partial charge >= 0.3 is 0 Å². The molecule has 0 radical (unpaired) electrons. The average molecular weight is 409 g/mol. The first-order valence-corrected chi connectivity index (χ1v) is 9.85. The highest BCUT2D eigenvalue weighted by Crippen LogP contribution is 2.32. The zero-order chi connectivity index (χ0) is 21.5. The second-order valence-corrected chi connectivity index (χ2v) is 7.20. The molecule has 0 bridgehead atoms. The Morgan fingerprint density at radius 3 is 2.37 bits per heavy atom. The molecule has 7 heteroatoms. The van der Waals surface area contributed by atoms with Crippen molar-refractivity contribution in [3.63, 3.8) is 0 Å². The monoisotopic (exact) mass is 408 g/mol. The molecule has 0 aliphatic heterocycles. The van der Waals surface area contributed by atoms with Crippen LogP contribution in [0.4, 0.5) is 17.5 Å². The normalized spacial score (nSPS) is 11.8. The van der Waals surface area contributed by atoms with Gasteiger partial charge in [-0.3, -0.25) is 0 Å². The van der Waals surface area contributed by atoms with Crippen LogP contribution in [0, 0.1) is 5.92 Å². The van der Waals surface area contributed by atoms with Gasteiger partial charge in [-0.1, -0.05) is 44.2 Å². The first kappa shape index (κ1) is 21.4. The van der Waals surface area contributed by atoms with Crippen LogP contribution in [-0.2, 0) is 0 Å². The van der Waals surface area contributed by atoms with Gasteiger partial charge in [0.1, 0.15) is 17.3 Å². The van der Waals surface area contributed by atoms with Crippen LogP contribution >= 0.6 is 0 Å². The Kier molecular flexibility index (Phi) is 7.08. The molecule has 0 fully saturated rings. The van der Waals surface area contributed by atoms with Gasteiger partial charge in [0.25, 0.3) is 0 Å². The number of hydrogen-bond donors (Lipinski definition) is 3. The molecule has 158 valence electrons. The number of benzene rings is 2. The molecule has 0 saturated heterocycles. The number of nitrogens with zero attached hydrogens (tertiary/aromatic N) is 2. The minimum Gasteiger partial charge on any atom is -0.497 e. The van der Waals surface area contributed by atoms with Gasteiger partial charge in [-0.25, -0.2) is 4.98 Å². The Morgan fingerprint density at radius 1 is 0.967 bits per heavy atom. The first-order valence-electron chi connectivity index (χ1n) is 9.85. The average Bonchev–Trinajstić information content (AvgIpc) is 2.78. The topological polar surface area (TPSA) is 88.5 Å². The third-order valence-electron chi connectivity index (χ3n) is 4.78. The highest BCUT2D eigenvalue weighted by atomic mass is 16.5. The summed E-state index contributed by atoms with van der Waals surface area (Å²) in [6.07, 6.45) is 0. The number of aliphatic hydroxyl groups excluding tert-OH is 1. The lowest BCUT2D eigenvalue weighted by Crippen LogP contribution is -2.30. The SMILES string of the molecule is COc1ccc(Nc2cc(-c3ccccc3)nc(N[C@H](CO)C(C)C)n2)c(OC)c1. The van der Waals surface area contributed by atoms with Gasteiger partial charge < -0.3 is 25.2 Å². The summed E-state index contributed by atoms with van der Waals surface area (Å²) in [5.41, 5.74) is 2.49. The van der Waals surface area contributed by atoms with Crippen LogP contribution in [0.1, 0.15) is 13.8 Å². The zero-order valence-corrected chi connectivity index (χ0v) is 17.7. The fourth-order valence-corrected chi connectivity index (χ4v) is 2.96. The molecule has 0 aliphatic rings. The molecule has 0 aliphatic carbocycles. The van der Waals surface area contributed by atoms with Gasteiger partial charge in [-0.05, 0) is 18.1 Å². The summed E-state index contributed by atoms with van der Waals surface area (Å²) in [6.45, 7) is 4.07. The third kappa shape index (κ3) is 5.18. The maximum atomic E-state index is 9.70. The second kappa shape index (κ2) is 9.93. The molecule has 7 nitrogen and oxygen atoms in total. The third-order valence-corrected chi connectivity index (χ3v) is 4.78. The van der Waals surface area contributed by atoms with Crippen LogP contribution in [0.25, 0.3) is 11.3 Å². The standard InChI is InChI=1S/C23H28N4O3/c1-15(2)20(14-28)26-23-25-19(16-8-6-5-7-9-16)13-22(27-23)24-18-11-10-17(29-3)12-21(18)30-4/h5-13,15,20,28H,14H2,1-4H3,(H2,24,25,26,27)/t20-/m1/s1. The van der Waals surface area contributed by atoms with E-state index in [9.17, 15) is 5.11 Å². The van der Waals surface area contributed by atoms with Crippen molar-refractivity contribution in [1.29, 1.82) is 0 Å². The molecule has 1 atom stereocenters. The molecule has 0 amide bonds. The van der Waals surface area contributed by atoms with Crippen LogP contribution in [-0.4, -0.2) is 41.9 Å². The van der Waals surface area contributed by atoms with E-state index in [0.717, 1.165) is 16.9 Å². The molecule has 2 aromatic carbocycles. The molecule has 1 aromatic heterocycles. The van der Waals surface area contributed by atoms with Crippen LogP contribution in [0.15, 0.2) is 54.6 Å². The fourth-order valence-electron chi connectivity index (χ4n) is 2.96. The quantitative estimate of drug-likeness (QED) is 0.485. The molecule has 3 rings (SSSR count). The Hall–Kier alpha value is -3.32. The number of methoxy groups -OCH3 is 2. The number of aliphatic hydroxyl groups is 1. The summed E-state index contributed by atoms with van der Waals surface area (Å²) in [5.74, 6) is 2.61. The van der Waals surface area contributed by atoms with Gasteiger partial charge in [0.05, 0.1) is 38.2 Å². The molecule has 3 aromatic rings. The first-order chi connectivity index (χ1) is 14.5. The maximum absolute atomic E-state index is 9.70. The summed E-state index contributed by atoms with van der Waals surface area (Å²) in [5, 5.41) is 16.3. The Morgan fingerprint density at radius 2 is 1.73 bits per heavy atom.